The van der Waals surface area contributed by atoms with E-state index in [1.54, 1.807) is 26.0 Å². The molecule has 0 aliphatic carbocycles. The number of ether oxygens (including phenoxy) is 4. The number of nitrogens with one attached hydrogen (secondary N) is 1. The van der Waals surface area contributed by atoms with Crippen LogP contribution in [0.3, 0.4) is 0 Å². The Kier molecular flexibility index (Phi) is 5.17. The summed E-state index contributed by atoms with van der Waals surface area (Å²) in [6, 6.07) is 9.57. The lowest BCUT2D eigenvalue weighted by Gasteiger charge is -2.23. The van der Waals surface area contributed by atoms with Crippen molar-refractivity contribution < 1.29 is 18.9 Å². The molecule has 1 heterocycles. The lowest BCUT2D eigenvalue weighted by atomic mass is 10.2. The van der Waals surface area contributed by atoms with E-state index in [1.807, 2.05) is 30.3 Å². The van der Waals surface area contributed by atoms with Crippen molar-refractivity contribution in [1.82, 2.24) is 0 Å². The second-order valence-electron chi connectivity index (χ2n) is 4.76. The maximum atomic E-state index is 6.06. The third-order valence-corrected chi connectivity index (χ3v) is 4.51. The van der Waals surface area contributed by atoms with Crippen molar-refractivity contribution in [2.24, 2.45) is 0 Å². The summed E-state index contributed by atoms with van der Waals surface area (Å²) in [6.07, 6.45) is 0. The average Bonchev–Trinajstić information content (AvgIpc) is 2.56. The van der Waals surface area contributed by atoms with Crippen LogP contribution in [0.1, 0.15) is 0 Å². The fourth-order valence-corrected chi connectivity index (χ4v) is 3.30. The van der Waals surface area contributed by atoms with Crippen LogP contribution in [-0.4, -0.2) is 27.8 Å². The van der Waals surface area contributed by atoms with Gasteiger partial charge in [-0.2, -0.15) is 0 Å². The predicted octanol–water partition coefficient (Wildman–Crippen LogP) is 4.51. The van der Waals surface area contributed by atoms with E-state index >= 15 is 0 Å². The standard InChI is InChI=1S/C16H16ClNO4S/c1-19-8-21-13-6-12-16(7-14(13)22-9-20-2)23-15-4-3-10(17)5-11(15)18-12/h3-7,18H,8-9H2,1-2H3. The van der Waals surface area contributed by atoms with Crippen LogP contribution >= 0.6 is 23.4 Å². The molecular weight excluding hydrogens is 338 g/mol. The van der Waals surface area contributed by atoms with Gasteiger partial charge in [-0.15, -0.1) is 0 Å². The highest BCUT2D eigenvalue weighted by molar-refractivity contribution is 7.99. The van der Waals surface area contributed by atoms with E-state index < -0.39 is 0 Å². The highest BCUT2D eigenvalue weighted by atomic mass is 35.5. The summed E-state index contributed by atoms with van der Waals surface area (Å²) < 4.78 is 21.1. The number of hydrogen-bond acceptors (Lipinski definition) is 6. The van der Waals surface area contributed by atoms with Crippen molar-refractivity contribution in [3.8, 4) is 11.5 Å². The fourth-order valence-electron chi connectivity index (χ4n) is 2.15. The maximum Gasteiger partial charge on any atom is 0.188 e. The largest absolute Gasteiger partial charge is 0.464 e. The second kappa shape index (κ2) is 7.31. The van der Waals surface area contributed by atoms with Gasteiger partial charge in [-0.25, -0.2) is 0 Å². The number of hydrogen-bond donors (Lipinski definition) is 1. The van der Waals surface area contributed by atoms with Crippen molar-refractivity contribution in [2.75, 3.05) is 33.1 Å². The molecule has 0 saturated heterocycles. The zero-order chi connectivity index (χ0) is 16.2. The molecule has 5 nitrogen and oxygen atoms in total. The first-order valence-electron chi connectivity index (χ1n) is 6.87. The van der Waals surface area contributed by atoms with Gasteiger partial charge in [0.05, 0.1) is 11.4 Å². The normalized spacial score (nSPS) is 12.1. The minimum atomic E-state index is 0.137. The third kappa shape index (κ3) is 3.67. The topological polar surface area (TPSA) is 49.0 Å². The molecule has 2 aromatic rings. The number of benzene rings is 2. The van der Waals surface area contributed by atoms with E-state index in [-0.39, 0.29) is 13.6 Å². The first kappa shape index (κ1) is 16.3. The van der Waals surface area contributed by atoms with Crippen molar-refractivity contribution in [3.05, 3.63) is 35.4 Å². The highest BCUT2D eigenvalue weighted by Crippen LogP contribution is 2.48. The molecular formula is C16H16ClNO4S. The molecule has 7 heteroatoms. The number of methoxy groups -OCH3 is 2. The smallest absolute Gasteiger partial charge is 0.188 e. The van der Waals surface area contributed by atoms with Crippen molar-refractivity contribution in [3.63, 3.8) is 0 Å². The first-order valence-corrected chi connectivity index (χ1v) is 8.06. The SMILES string of the molecule is COCOc1cc2c(cc1OCOC)Sc1ccc(Cl)cc1N2. The summed E-state index contributed by atoms with van der Waals surface area (Å²) in [5, 5.41) is 4.06. The van der Waals surface area contributed by atoms with Crippen molar-refractivity contribution >= 4 is 34.7 Å². The zero-order valence-corrected chi connectivity index (χ0v) is 14.3. The van der Waals surface area contributed by atoms with Crippen LogP contribution in [-0.2, 0) is 9.47 Å². The van der Waals surface area contributed by atoms with Crippen LogP contribution in [0.25, 0.3) is 0 Å². The molecule has 0 saturated carbocycles. The van der Waals surface area contributed by atoms with Gasteiger partial charge >= 0.3 is 0 Å². The summed E-state index contributed by atoms with van der Waals surface area (Å²) in [7, 11) is 3.14. The predicted molar refractivity (Wildman–Crippen MR) is 90.3 cm³/mol. The third-order valence-electron chi connectivity index (χ3n) is 3.14. The van der Waals surface area contributed by atoms with E-state index in [0.717, 1.165) is 21.2 Å². The molecule has 1 N–H and O–H groups in total. The van der Waals surface area contributed by atoms with Crippen LogP contribution in [0.2, 0.25) is 5.02 Å². The Labute approximate surface area is 143 Å². The summed E-state index contributed by atoms with van der Waals surface area (Å²) in [5.41, 5.74) is 1.90. The number of anilines is 2. The fraction of sp³-hybridized carbons (Fsp3) is 0.250. The molecule has 0 fully saturated rings. The Bertz CT molecular complexity index is 711. The molecule has 0 amide bonds. The van der Waals surface area contributed by atoms with E-state index in [2.05, 4.69) is 5.32 Å². The molecule has 0 atom stereocenters. The van der Waals surface area contributed by atoms with Gasteiger partial charge in [-0.1, -0.05) is 23.4 Å². The molecule has 0 aromatic heterocycles. The monoisotopic (exact) mass is 353 g/mol. The lowest BCUT2D eigenvalue weighted by molar-refractivity contribution is 0.0321. The van der Waals surface area contributed by atoms with Gasteiger partial charge in [0.2, 0.25) is 0 Å². The van der Waals surface area contributed by atoms with Crippen LogP contribution in [0.4, 0.5) is 11.4 Å². The number of halogens is 1. The van der Waals surface area contributed by atoms with Crippen LogP contribution in [0, 0.1) is 0 Å². The minimum Gasteiger partial charge on any atom is -0.464 e. The number of fused-ring (bicyclic) bond motifs is 2. The molecule has 122 valence electrons. The average molecular weight is 354 g/mol. The minimum absolute atomic E-state index is 0.137. The Morgan fingerprint density at radius 3 is 2.26 bits per heavy atom. The van der Waals surface area contributed by atoms with Gasteiger partial charge in [0.1, 0.15) is 0 Å². The van der Waals surface area contributed by atoms with Crippen molar-refractivity contribution in [1.29, 1.82) is 0 Å². The second-order valence-corrected chi connectivity index (χ2v) is 6.28. The van der Waals surface area contributed by atoms with Crippen LogP contribution in [0.5, 0.6) is 11.5 Å². The maximum absolute atomic E-state index is 6.06. The van der Waals surface area contributed by atoms with E-state index in [1.165, 1.54) is 0 Å². The lowest BCUT2D eigenvalue weighted by Crippen LogP contribution is -2.07. The highest BCUT2D eigenvalue weighted by Gasteiger charge is 2.20. The molecule has 3 rings (SSSR count). The molecule has 2 aromatic carbocycles. The molecule has 1 aliphatic rings. The van der Waals surface area contributed by atoms with Crippen LogP contribution in [0.15, 0.2) is 40.1 Å². The molecule has 0 unspecified atom stereocenters. The summed E-state index contributed by atoms with van der Waals surface area (Å²) in [4.78, 5) is 2.14. The Hall–Kier alpha value is -1.60. The molecule has 1 aliphatic heterocycles. The van der Waals surface area contributed by atoms with Gasteiger partial charge in [0.25, 0.3) is 0 Å². The van der Waals surface area contributed by atoms with Gasteiger partial charge in [-0.3, -0.25) is 0 Å². The molecule has 0 bridgehead atoms. The summed E-state index contributed by atoms with van der Waals surface area (Å²) >= 11 is 7.70. The Morgan fingerprint density at radius 2 is 1.57 bits per heavy atom. The summed E-state index contributed by atoms with van der Waals surface area (Å²) in [6.45, 7) is 0.282. The quantitative estimate of drug-likeness (QED) is 0.658. The molecule has 23 heavy (non-hydrogen) atoms. The van der Waals surface area contributed by atoms with E-state index in [0.29, 0.717) is 16.5 Å². The van der Waals surface area contributed by atoms with Crippen molar-refractivity contribution in [2.45, 2.75) is 9.79 Å². The van der Waals surface area contributed by atoms with Gasteiger partial charge in [0, 0.05) is 41.2 Å². The number of rotatable bonds is 6. The van der Waals surface area contributed by atoms with Crippen LogP contribution < -0.4 is 14.8 Å². The van der Waals surface area contributed by atoms with E-state index in [4.69, 9.17) is 30.5 Å². The zero-order valence-electron chi connectivity index (χ0n) is 12.7. The Morgan fingerprint density at radius 1 is 0.913 bits per heavy atom. The van der Waals surface area contributed by atoms with Gasteiger partial charge in [0.15, 0.2) is 25.1 Å². The van der Waals surface area contributed by atoms with Gasteiger partial charge in [-0.05, 0) is 18.2 Å². The Balaban J connectivity index is 1.93. The van der Waals surface area contributed by atoms with E-state index in [9.17, 15) is 0 Å². The summed E-state index contributed by atoms with van der Waals surface area (Å²) in [5.74, 6) is 1.19. The first-order chi connectivity index (χ1) is 11.2. The molecule has 0 spiro atoms. The van der Waals surface area contributed by atoms with Gasteiger partial charge < -0.3 is 24.3 Å². The molecule has 0 radical (unpaired) electrons.